The molecule has 0 aliphatic heterocycles. The van der Waals surface area contributed by atoms with Gasteiger partial charge in [-0.25, -0.2) is 4.79 Å². The van der Waals surface area contributed by atoms with E-state index in [2.05, 4.69) is 26.2 Å². The van der Waals surface area contributed by atoms with Gasteiger partial charge in [-0.15, -0.1) is 0 Å². The van der Waals surface area contributed by atoms with Crippen molar-refractivity contribution in [3.05, 3.63) is 105 Å². The fraction of sp³-hybridized carbons (Fsp3) is 0.107. The van der Waals surface area contributed by atoms with E-state index in [4.69, 9.17) is 9.84 Å². The van der Waals surface area contributed by atoms with Crippen molar-refractivity contribution in [1.82, 2.24) is 10.3 Å². The molecule has 0 unspecified atom stereocenters. The Bertz CT molecular complexity index is 1480. The number of amides is 1. The molecule has 0 aliphatic carbocycles. The molecule has 0 saturated carbocycles. The summed E-state index contributed by atoms with van der Waals surface area (Å²) in [6.07, 6.45) is 4.05. The molecule has 0 radical (unpaired) electrons. The third-order valence-electron chi connectivity index (χ3n) is 5.59. The molecule has 7 nitrogen and oxygen atoms in total. The maximum atomic E-state index is 12.7. The number of nitrogens with zero attached hydrogens (tertiary/aromatic N) is 1. The van der Waals surface area contributed by atoms with E-state index in [9.17, 15) is 14.9 Å². The van der Waals surface area contributed by atoms with E-state index in [-0.39, 0.29) is 17.7 Å². The SMILES string of the molecule is N#C/C(=C/c1cc(Br)ccc1OCc1ccc(C(=O)O)cc1)C(=O)NCCc1c[nH]c2ccccc12. The zero-order valence-electron chi connectivity index (χ0n) is 19.1. The number of carbonyl (C=O) groups is 2. The van der Waals surface area contributed by atoms with Gasteiger partial charge in [0.25, 0.3) is 5.91 Å². The van der Waals surface area contributed by atoms with Gasteiger partial charge >= 0.3 is 5.97 Å². The standard InChI is InChI=1S/C28H22BrN3O4/c29-23-9-10-26(36-17-18-5-7-19(8-6-18)28(34)35)21(14-23)13-22(15-30)27(33)31-12-11-20-16-32-25-4-2-1-3-24(20)25/h1-10,13-14,16,32H,11-12,17H2,(H,31,33)(H,34,35)/b22-13-. The van der Waals surface area contributed by atoms with Gasteiger partial charge in [0.05, 0.1) is 5.56 Å². The van der Waals surface area contributed by atoms with Crippen LogP contribution in [0.1, 0.15) is 27.0 Å². The Morgan fingerprint density at radius 1 is 1.11 bits per heavy atom. The first-order valence-corrected chi connectivity index (χ1v) is 11.9. The van der Waals surface area contributed by atoms with Crippen molar-refractivity contribution in [2.75, 3.05) is 6.54 Å². The molecule has 180 valence electrons. The molecule has 8 heteroatoms. The summed E-state index contributed by atoms with van der Waals surface area (Å²) in [6.45, 7) is 0.578. The first-order chi connectivity index (χ1) is 17.4. The van der Waals surface area contributed by atoms with Crippen molar-refractivity contribution in [2.45, 2.75) is 13.0 Å². The van der Waals surface area contributed by atoms with Crippen LogP contribution in [0.25, 0.3) is 17.0 Å². The van der Waals surface area contributed by atoms with Gasteiger partial charge in [0.2, 0.25) is 0 Å². The molecule has 0 spiro atoms. The summed E-state index contributed by atoms with van der Waals surface area (Å²) in [6, 6.07) is 21.6. The number of aromatic nitrogens is 1. The molecule has 1 aromatic heterocycles. The minimum Gasteiger partial charge on any atom is -0.488 e. The van der Waals surface area contributed by atoms with Crippen molar-refractivity contribution >= 4 is 44.8 Å². The fourth-order valence-electron chi connectivity index (χ4n) is 3.72. The molecule has 0 aliphatic rings. The number of para-hydroxylation sites is 1. The third kappa shape index (κ3) is 6.01. The van der Waals surface area contributed by atoms with Gasteiger partial charge in [-0.2, -0.15) is 5.26 Å². The van der Waals surface area contributed by atoms with Crippen LogP contribution in [0, 0.1) is 11.3 Å². The Morgan fingerprint density at radius 2 is 1.89 bits per heavy atom. The summed E-state index contributed by atoms with van der Waals surface area (Å²) in [5.41, 5.74) is 3.63. The van der Waals surface area contributed by atoms with E-state index >= 15 is 0 Å². The van der Waals surface area contributed by atoms with Gasteiger partial charge in [-0.3, -0.25) is 4.79 Å². The number of carboxylic acids is 1. The maximum absolute atomic E-state index is 12.7. The molecule has 3 N–H and O–H groups in total. The highest BCUT2D eigenvalue weighted by molar-refractivity contribution is 9.10. The van der Waals surface area contributed by atoms with Gasteiger partial charge in [0.1, 0.15) is 24.0 Å². The predicted molar refractivity (Wildman–Crippen MR) is 140 cm³/mol. The van der Waals surface area contributed by atoms with Crippen molar-refractivity contribution < 1.29 is 19.4 Å². The second kappa shape index (κ2) is 11.4. The summed E-state index contributed by atoms with van der Waals surface area (Å²) in [5, 5.41) is 22.6. The second-order valence-electron chi connectivity index (χ2n) is 8.01. The van der Waals surface area contributed by atoms with Crippen LogP contribution < -0.4 is 10.1 Å². The fourth-order valence-corrected chi connectivity index (χ4v) is 4.10. The zero-order chi connectivity index (χ0) is 25.5. The van der Waals surface area contributed by atoms with Crippen LogP contribution in [0.4, 0.5) is 0 Å². The summed E-state index contributed by atoms with van der Waals surface area (Å²) in [5.74, 6) is -0.973. The number of benzene rings is 3. The first kappa shape index (κ1) is 24.8. The van der Waals surface area contributed by atoms with Gasteiger partial charge in [-0.05, 0) is 60.0 Å². The minimum absolute atomic E-state index is 0.0392. The van der Waals surface area contributed by atoms with Crippen LogP contribution in [0.3, 0.4) is 0 Å². The molecule has 36 heavy (non-hydrogen) atoms. The molecule has 4 aromatic rings. The number of aromatic carboxylic acids is 1. The van der Waals surface area contributed by atoms with E-state index < -0.39 is 11.9 Å². The van der Waals surface area contributed by atoms with E-state index in [0.717, 1.165) is 26.5 Å². The molecule has 0 fully saturated rings. The predicted octanol–water partition coefficient (Wildman–Crippen LogP) is 5.47. The number of H-pyrrole nitrogens is 1. The van der Waals surface area contributed by atoms with Gasteiger partial charge in [-0.1, -0.05) is 46.3 Å². The quantitative estimate of drug-likeness (QED) is 0.191. The largest absolute Gasteiger partial charge is 0.488 e. The highest BCUT2D eigenvalue weighted by Crippen LogP contribution is 2.27. The lowest BCUT2D eigenvalue weighted by atomic mass is 10.1. The lowest BCUT2D eigenvalue weighted by molar-refractivity contribution is -0.117. The van der Waals surface area contributed by atoms with Crippen molar-refractivity contribution in [3.8, 4) is 11.8 Å². The summed E-state index contributed by atoms with van der Waals surface area (Å²) in [7, 11) is 0. The molecule has 3 aromatic carbocycles. The van der Waals surface area contributed by atoms with E-state index in [1.165, 1.54) is 18.2 Å². The van der Waals surface area contributed by atoms with Crippen molar-refractivity contribution in [3.63, 3.8) is 0 Å². The Hall–Kier alpha value is -4.35. The molecular formula is C28H22BrN3O4. The first-order valence-electron chi connectivity index (χ1n) is 11.1. The number of carbonyl (C=O) groups excluding carboxylic acids is 1. The zero-order valence-corrected chi connectivity index (χ0v) is 20.7. The molecule has 0 saturated heterocycles. The van der Waals surface area contributed by atoms with Crippen LogP contribution in [0.2, 0.25) is 0 Å². The van der Waals surface area contributed by atoms with Crippen LogP contribution in [-0.4, -0.2) is 28.5 Å². The van der Waals surface area contributed by atoms with E-state index in [0.29, 0.717) is 24.3 Å². The van der Waals surface area contributed by atoms with Gasteiger partial charge in [0.15, 0.2) is 0 Å². The summed E-state index contributed by atoms with van der Waals surface area (Å²) in [4.78, 5) is 27.0. The Morgan fingerprint density at radius 3 is 2.64 bits per heavy atom. The van der Waals surface area contributed by atoms with Gasteiger partial charge < -0.3 is 20.1 Å². The summed E-state index contributed by atoms with van der Waals surface area (Å²) < 4.78 is 6.68. The minimum atomic E-state index is -0.994. The van der Waals surface area contributed by atoms with E-state index in [1.807, 2.05) is 36.5 Å². The Labute approximate surface area is 216 Å². The molecule has 1 heterocycles. The van der Waals surface area contributed by atoms with Crippen LogP contribution >= 0.6 is 15.9 Å². The summed E-state index contributed by atoms with van der Waals surface area (Å²) >= 11 is 3.42. The smallest absolute Gasteiger partial charge is 0.335 e. The molecular weight excluding hydrogens is 522 g/mol. The maximum Gasteiger partial charge on any atom is 0.335 e. The Kier molecular flexibility index (Phi) is 7.83. The third-order valence-corrected chi connectivity index (χ3v) is 6.08. The van der Waals surface area contributed by atoms with Gasteiger partial charge in [0, 0.05) is 33.7 Å². The molecule has 1 amide bonds. The van der Waals surface area contributed by atoms with Crippen LogP contribution in [0.5, 0.6) is 5.75 Å². The van der Waals surface area contributed by atoms with E-state index in [1.54, 1.807) is 30.3 Å². The molecule has 0 bridgehead atoms. The number of ether oxygens (including phenoxy) is 1. The second-order valence-corrected chi connectivity index (χ2v) is 8.92. The highest BCUT2D eigenvalue weighted by atomic mass is 79.9. The van der Waals surface area contributed by atoms with Crippen molar-refractivity contribution in [2.24, 2.45) is 0 Å². The number of hydrogen-bond donors (Lipinski definition) is 3. The molecule has 4 rings (SSSR count). The van der Waals surface area contributed by atoms with Crippen LogP contribution in [0.15, 0.2) is 83.0 Å². The highest BCUT2D eigenvalue weighted by Gasteiger charge is 2.12. The lowest BCUT2D eigenvalue weighted by Crippen LogP contribution is -2.26. The van der Waals surface area contributed by atoms with Crippen LogP contribution in [-0.2, 0) is 17.8 Å². The normalized spacial score (nSPS) is 11.2. The number of rotatable bonds is 9. The number of hydrogen-bond acceptors (Lipinski definition) is 4. The number of nitrogens with one attached hydrogen (secondary N) is 2. The average Bonchev–Trinajstić information content (AvgIpc) is 3.30. The number of fused-ring (bicyclic) bond motifs is 1. The number of aromatic amines is 1. The lowest BCUT2D eigenvalue weighted by Gasteiger charge is -2.11. The average molecular weight is 544 g/mol. The monoisotopic (exact) mass is 543 g/mol. The number of halogens is 1. The number of carboxylic acid groups (broad SMARTS) is 1. The number of nitriles is 1. The molecule has 0 atom stereocenters. The topological polar surface area (TPSA) is 115 Å². The van der Waals surface area contributed by atoms with Crippen molar-refractivity contribution in [1.29, 1.82) is 5.26 Å². The Balaban J connectivity index is 1.43.